The van der Waals surface area contributed by atoms with Gasteiger partial charge < -0.3 is 14.9 Å². The summed E-state index contributed by atoms with van der Waals surface area (Å²) in [5.41, 5.74) is 4.87. The molecular formula is C21H31N3O. The minimum absolute atomic E-state index is 0.108. The zero-order valence-corrected chi connectivity index (χ0v) is 16.6. The second-order valence-corrected chi connectivity index (χ2v) is 8.27. The van der Waals surface area contributed by atoms with Crippen molar-refractivity contribution in [2.24, 2.45) is 0 Å². The fourth-order valence-electron chi connectivity index (χ4n) is 2.85. The van der Waals surface area contributed by atoms with Crippen LogP contribution < -0.4 is 0 Å². The summed E-state index contributed by atoms with van der Waals surface area (Å²) >= 11 is 0. The number of rotatable bonds is 5. The van der Waals surface area contributed by atoms with Crippen molar-refractivity contribution in [3.05, 3.63) is 47.2 Å². The summed E-state index contributed by atoms with van der Waals surface area (Å²) in [5, 5.41) is 10.8. The Kier molecular flexibility index (Phi) is 5.86. The molecule has 0 aliphatic rings. The lowest BCUT2D eigenvalue weighted by Crippen LogP contribution is -2.15. The summed E-state index contributed by atoms with van der Waals surface area (Å²) < 4.78 is 0. The third-order valence-electron chi connectivity index (χ3n) is 4.11. The van der Waals surface area contributed by atoms with E-state index in [1.807, 2.05) is 34.3 Å². The van der Waals surface area contributed by atoms with Gasteiger partial charge in [-0.15, -0.1) is 0 Å². The summed E-state index contributed by atoms with van der Waals surface area (Å²) in [6.45, 7) is 8.02. The Morgan fingerprint density at radius 2 is 1.48 bits per heavy atom. The topological polar surface area (TPSA) is 39.6 Å². The van der Waals surface area contributed by atoms with Crippen LogP contribution in [-0.2, 0) is 18.5 Å². The van der Waals surface area contributed by atoms with Crippen molar-refractivity contribution in [1.29, 1.82) is 0 Å². The van der Waals surface area contributed by atoms with Crippen LogP contribution >= 0.6 is 0 Å². The number of pyridine rings is 1. The first-order valence-corrected chi connectivity index (χ1v) is 8.70. The van der Waals surface area contributed by atoms with E-state index in [2.05, 4.69) is 54.8 Å². The van der Waals surface area contributed by atoms with Gasteiger partial charge in [0.15, 0.2) is 0 Å². The van der Waals surface area contributed by atoms with Gasteiger partial charge >= 0.3 is 0 Å². The highest BCUT2D eigenvalue weighted by molar-refractivity contribution is 5.68. The maximum Gasteiger partial charge on any atom is 0.146 e. The Morgan fingerprint density at radius 3 is 1.96 bits per heavy atom. The molecule has 1 aromatic heterocycles. The van der Waals surface area contributed by atoms with E-state index < -0.39 is 0 Å². The van der Waals surface area contributed by atoms with Gasteiger partial charge in [-0.25, -0.2) is 4.98 Å². The molecular weight excluding hydrogens is 310 g/mol. The van der Waals surface area contributed by atoms with Gasteiger partial charge in [0.25, 0.3) is 0 Å². The first-order chi connectivity index (χ1) is 11.6. The van der Waals surface area contributed by atoms with Crippen LogP contribution in [0.2, 0.25) is 0 Å². The monoisotopic (exact) mass is 341 g/mol. The molecule has 1 heterocycles. The molecule has 0 atom stereocenters. The number of hydrogen-bond donors (Lipinski definition) is 1. The van der Waals surface area contributed by atoms with Gasteiger partial charge in [0.2, 0.25) is 0 Å². The van der Waals surface area contributed by atoms with E-state index in [9.17, 15) is 5.11 Å². The van der Waals surface area contributed by atoms with Crippen molar-refractivity contribution in [3.8, 4) is 17.0 Å². The van der Waals surface area contributed by atoms with Gasteiger partial charge in [-0.3, -0.25) is 0 Å². The van der Waals surface area contributed by atoms with E-state index in [4.69, 9.17) is 4.98 Å². The van der Waals surface area contributed by atoms with E-state index in [1.165, 1.54) is 5.56 Å². The maximum atomic E-state index is 10.8. The molecule has 0 amide bonds. The lowest BCUT2D eigenvalue weighted by Gasteiger charge is -2.20. The summed E-state index contributed by atoms with van der Waals surface area (Å²) in [6.07, 6.45) is 0. The lowest BCUT2D eigenvalue weighted by molar-refractivity contribution is 0.379. The molecule has 4 nitrogen and oxygen atoms in total. The minimum Gasteiger partial charge on any atom is -0.505 e. The molecule has 0 radical (unpaired) electrons. The fraction of sp³-hybridized carbons (Fsp3) is 0.476. The van der Waals surface area contributed by atoms with E-state index in [0.29, 0.717) is 12.2 Å². The molecule has 1 N–H and O–H groups in total. The Hall–Kier alpha value is -1.91. The average molecular weight is 341 g/mol. The van der Waals surface area contributed by atoms with Crippen LogP contribution in [0.3, 0.4) is 0 Å². The Balaban J connectivity index is 2.51. The van der Waals surface area contributed by atoms with Gasteiger partial charge in [-0.1, -0.05) is 45.0 Å². The number of nitrogens with zero attached hydrogens (tertiary/aromatic N) is 3. The molecule has 2 aromatic rings. The van der Waals surface area contributed by atoms with Gasteiger partial charge in [0.05, 0.1) is 5.69 Å². The van der Waals surface area contributed by atoms with E-state index in [-0.39, 0.29) is 11.2 Å². The van der Waals surface area contributed by atoms with Crippen LogP contribution in [0.5, 0.6) is 5.75 Å². The molecule has 0 saturated heterocycles. The Bertz CT molecular complexity index is 713. The molecule has 25 heavy (non-hydrogen) atoms. The summed E-state index contributed by atoms with van der Waals surface area (Å²) in [7, 11) is 8.06. The van der Waals surface area contributed by atoms with E-state index in [0.717, 1.165) is 23.4 Å². The smallest absolute Gasteiger partial charge is 0.146 e. The van der Waals surface area contributed by atoms with Crippen LogP contribution in [0, 0.1) is 0 Å². The first-order valence-electron chi connectivity index (χ1n) is 8.70. The maximum absolute atomic E-state index is 10.8. The highest BCUT2D eigenvalue weighted by Crippen LogP contribution is 2.33. The lowest BCUT2D eigenvalue weighted by atomic mass is 9.86. The van der Waals surface area contributed by atoms with Crippen molar-refractivity contribution >= 4 is 0 Å². The largest absolute Gasteiger partial charge is 0.505 e. The zero-order valence-electron chi connectivity index (χ0n) is 16.6. The van der Waals surface area contributed by atoms with Gasteiger partial charge in [0.1, 0.15) is 11.4 Å². The molecule has 0 saturated carbocycles. The molecule has 2 rings (SSSR count). The predicted molar refractivity (Wildman–Crippen MR) is 105 cm³/mol. The summed E-state index contributed by atoms with van der Waals surface area (Å²) in [6, 6.07) is 10.4. The van der Waals surface area contributed by atoms with Crippen molar-refractivity contribution in [3.63, 3.8) is 0 Å². The number of hydrogen-bond acceptors (Lipinski definition) is 4. The quantitative estimate of drug-likeness (QED) is 0.896. The van der Waals surface area contributed by atoms with Crippen molar-refractivity contribution in [2.75, 3.05) is 28.2 Å². The second kappa shape index (κ2) is 7.54. The van der Waals surface area contributed by atoms with E-state index in [1.54, 1.807) is 0 Å². The normalized spacial score (nSPS) is 12.2. The van der Waals surface area contributed by atoms with Crippen molar-refractivity contribution < 1.29 is 5.11 Å². The molecule has 0 spiro atoms. The molecule has 0 fully saturated rings. The van der Waals surface area contributed by atoms with Crippen LogP contribution in [0.25, 0.3) is 11.3 Å². The highest BCUT2D eigenvalue weighted by Gasteiger charge is 2.17. The molecule has 0 aliphatic heterocycles. The molecule has 1 aromatic carbocycles. The number of aromatic hydroxyl groups is 1. The fourth-order valence-corrected chi connectivity index (χ4v) is 2.85. The zero-order chi connectivity index (χ0) is 18.8. The SMILES string of the molecule is CN(C)Cc1cc(CN(C)C)c(O)c(-c2ccc(C(C)(C)C)cc2)n1. The van der Waals surface area contributed by atoms with Crippen LogP contribution in [0.4, 0.5) is 0 Å². The molecule has 4 heteroatoms. The first kappa shape index (κ1) is 19.4. The van der Waals surface area contributed by atoms with Crippen molar-refractivity contribution in [2.45, 2.75) is 39.3 Å². The second-order valence-electron chi connectivity index (χ2n) is 8.27. The Morgan fingerprint density at radius 1 is 0.920 bits per heavy atom. The van der Waals surface area contributed by atoms with E-state index >= 15 is 0 Å². The highest BCUT2D eigenvalue weighted by atomic mass is 16.3. The predicted octanol–water partition coefficient (Wildman–Crippen LogP) is 3.87. The Labute approximate surface area is 152 Å². The van der Waals surface area contributed by atoms with Crippen LogP contribution in [0.15, 0.2) is 30.3 Å². The number of aromatic nitrogens is 1. The average Bonchev–Trinajstić information content (AvgIpc) is 2.48. The number of benzene rings is 1. The van der Waals surface area contributed by atoms with Crippen LogP contribution in [0.1, 0.15) is 37.6 Å². The van der Waals surface area contributed by atoms with Gasteiger partial charge in [0, 0.05) is 24.2 Å². The standard InChI is InChI=1S/C21H31N3O/c1-21(2,3)17-10-8-15(9-11-17)19-20(25)16(13-23(4)5)12-18(22-19)14-24(6)7/h8-12,25H,13-14H2,1-7H3. The summed E-state index contributed by atoms with van der Waals surface area (Å²) in [5.74, 6) is 0.278. The third-order valence-corrected chi connectivity index (χ3v) is 4.11. The minimum atomic E-state index is 0.108. The molecule has 0 bridgehead atoms. The van der Waals surface area contributed by atoms with Gasteiger partial charge in [-0.05, 0) is 45.2 Å². The molecule has 136 valence electrons. The summed E-state index contributed by atoms with van der Waals surface area (Å²) in [4.78, 5) is 8.88. The van der Waals surface area contributed by atoms with Crippen LogP contribution in [-0.4, -0.2) is 48.1 Å². The third kappa shape index (κ3) is 5.03. The van der Waals surface area contributed by atoms with Gasteiger partial charge in [-0.2, -0.15) is 0 Å². The van der Waals surface area contributed by atoms with Crippen molar-refractivity contribution in [1.82, 2.24) is 14.8 Å². The molecule has 0 aliphatic carbocycles. The molecule has 0 unspecified atom stereocenters.